The Labute approximate surface area is 177 Å². The van der Waals surface area contributed by atoms with Gasteiger partial charge < -0.3 is 14.9 Å². The summed E-state index contributed by atoms with van der Waals surface area (Å²) in [5.74, 6) is 1.49. The van der Waals surface area contributed by atoms with E-state index < -0.39 is 6.23 Å². The minimum atomic E-state index is -0.743. The fourth-order valence-corrected chi connectivity index (χ4v) is 4.75. The summed E-state index contributed by atoms with van der Waals surface area (Å²) < 4.78 is 6.43. The van der Waals surface area contributed by atoms with Crippen molar-refractivity contribution in [3.05, 3.63) is 71.6 Å². The van der Waals surface area contributed by atoms with Gasteiger partial charge >= 0.3 is 0 Å². The molecule has 2 aromatic heterocycles. The lowest BCUT2D eigenvalue weighted by Crippen LogP contribution is -2.27. The highest BCUT2D eigenvalue weighted by Crippen LogP contribution is 2.29. The number of aliphatic hydroxyl groups is 1. The number of benzene rings is 2. The smallest absolute Gasteiger partial charge is 0.183 e. The molecule has 0 aliphatic rings. The molecule has 1 unspecified atom stereocenters. The number of rotatable bonds is 9. The van der Waals surface area contributed by atoms with E-state index in [2.05, 4.69) is 26.8 Å². The zero-order valence-corrected chi connectivity index (χ0v) is 17.6. The number of thiazole rings is 1. The van der Waals surface area contributed by atoms with E-state index in [1.165, 1.54) is 0 Å². The molecule has 0 spiro atoms. The molecular formula is C21H22N4O2S2. The molecule has 29 heavy (non-hydrogen) atoms. The van der Waals surface area contributed by atoms with Crippen LogP contribution >= 0.6 is 23.1 Å². The van der Waals surface area contributed by atoms with Crippen LogP contribution in [0.4, 0.5) is 5.13 Å². The molecule has 0 amide bonds. The van der Waals surface area contributed by atoms with Gasteiger partial charge in [0.1, 0.15) is 12.0 Å². The Kier molecular flexibility index (Phi) is 6.46. The topological polar surface area (TPSA) is 83.2 Å². The van der Waals surface area contributed by atoms with Gasteiger partial charge in [0, 0.05) is 29.6 Å². The molecule has 8 heteroatoms. The molecule has 0 saturated heterocycles. The predicted octanol–water partition coefficient (Wildman–Crippen LogP) is 4.58. The fraction of sp³-hybridized carbons (Fsp3) is 0.238. The molecule has 0 fully saturated rings. The average Bonchev–Trinajstić information content (AvgIpc) is 3.35. The number of para-hydroxylation sites is 1. The van der Waals surface area contributed by atoms with Crippen molar-refractivity contribution in [2.45, 2.75) is 23.8 Å². The van der Waals surface area contributed by atoms with Crippen molar-refractivity contribution in [2.24, 2.45) is 0 Å². The van der Waals surface area contributed by atoms with Crippen molar-refractivity contribution in [1.29, 1.82) is 0 Å². The first-order valence-corrected chi connectivity index (χ1v) is 11.1. The van der Waals surface area contributed by atoms with Gasteiger partial charge in [0.15, 0.2) is 5.13 Å². The summed E-state index contributed by atoms with van der Waals surface area (Å²) in [7, 11) is 0. The van der Waals surface area contributed by atoms with Gasteiger partial charge in [-0.25, -0.2) is 4.98 Å². The molecule has 2 heterocycles. The van der Waals surface area contributed by atoms with E-state index in [1.807, 2.05) is 55.5 Å². The van der Waals surface area contributed by atoms with Crippen molar-refractivity contribution in [3.8, 4) is 0 Å². The number of aliphatic hydroxyl groups excluding tert-OH is 1. The third-order valence-corrected chi connectivity index (χ3v) is 6.40. The number of fused-ring (bicyclic) bond motifs is 1. The van der Waals surface area contributed by atoms with Crippen LogP contribution in [0.15, 0.2) is 64.0 Å². The number of anilines is 1. The van der Waals surface area contributed by atoms with Crippen LogP contribution in [0.5, 0.6) is 0 Å². The second-order valence-corrected chi connectivity index (χ2v) is 8.58. The number of thioether (sulfide) groups is 1. The molecule has 2 aromatic carbocycles. The van der Waals surface area contributed by atoms with Crippen molar-refractivity contribution in [1.82, 2.24) is 15.5 Å². The monoisotopic (exact) mass is 426 g/mol. The van der Waals surface area contributed by atoms with Crippen molar-refractivity contribution >= 4 is 38.4 Å². The Morgan fingerprint density at radius 2 is 1.97 bits per heavy atom. The number of nitrogens with zero attached hydrogens (tertiary/aromatic N) is 2. The first-order chi connectivity index (χ1) is 14.2. The third kappa shape index (κ3) is 5.16. The molecule has 4 rings (SSSR count). The van der Waals surface area contributed by atoms with Crippen LogP contribution < -0.4 is 10.6 Å². The summed E-state index contributed by atoms with van der Waals surface area (Å²) in [4.78, 5) is 5.57. The molecule has 0 bridgehead atoms. The Hall–Kier alpha value is -2.39. The molecule has 1 atom stereocenters. The number of hydrogen-bond acceptors (Lipinski definition) is 8. The average molecular weight is 427 g/mol. The summed E-state index contributed by atoms with van der Waals surface area (Å²) in [5.41, 5.74) is 2.73. The molecule has 0 saturated carbocycles. The molecule has 6 nitrogen and oxygen atoms in total. The molecule has 0 radical (unpaired) electrons. The summed E-state index contributed by atoms with van der Waals surface area (Å²) in [6.07, 6.45) is -0.743. The van der Waals surface area contributed by atoms with Crippen LogP contribution in [-0.4, -0.2) is 28.3 Å². The van der Waals surface area contributed by atoms with Gasteiger partial charge in [0.2, 0.25) is 0 Å². The van der Waals surface area contributed by atoms with E-state index in [1.54, 1.807) is 23.1 Å². The maximum Gasteiger partial charge on any atom is 0.183 e. The van der Waals surface area contributed by atoms with Gasteiger partial charge in [0.05, 0.1) is 21.7 Å². The largest absolute Gasteiger partial charge is 0.374 e. The minimum absolute atomic E-state index is 0.609. The fourth-order valence-electron chi connectivity index (χ4n) is 2.91. The lowest BCUT2D eigenvalue weighted by atomic mass is 10.2. The van der Waals surface area contributed by atoms with Gasteiger partial charge in [-0.15, -0.1) is 11.8 Å². The van der Waals surface area contributed by atoms with Gasteiger partial charge in [-0.1, -0.05) is 46.8 Å². The summed E-state index contributed by atoms with van der Waals surface area (Å²) in [6.45, 7) is 3.18. The van der Waals surface area contributed by atoms with E-state index >= 15 is 0 Å². The zero-order valence-electron chi connectivity index (χ0n) is 16.0. The van der Waals surface area contributed by atoms with Crippen molar-refractivity contribution in [2.75, 3.05) is 18.4 Å². The maximum absolute atomic E-state index is 10.6. The number of aromatic nitrogens is 2. The Morgan fingerprint density at radius 1 is 1.14 bits per heavy atom. The van der Waals surface area contributed by atoms with Crippen molar-refractivity contribution in [3.63, 3.8) is 0 Å². The zero-order chi connectivity index (χ0) is 20.1. The van der Waals surface area contributed by atoms with Gasteiger partial charge in [-0.2, -0.15) is 0 Å². The van der Waals surface area contributed by atoms with Crippen molar-refractivity contribution < 1.29 is 9.63 Å². The van der Waals surface area contributed by atoms with Crippen LogP contribution in [-0.2, 0) is 5.75 Å². The first-order valence-electron chi connectivity index (χ1n) is 9.34. The van der Waals surface area contributed by atoms with E-state index in [4.69, 9.17) is 4.52 Å². The number of aryl methyl sites for hydroxylation is 1. The predicted molar refractivity (Wildman–Crippen MR) is 118 cm³/mol. The van der Waals surface area contributed by atoms with Gasteiger partial charge in [-0.05, 0) is 25.1 Å². The van der Waals surface area contributed by atoms with Crippen LogP contribution in [0.2, 0.25) is 0 Å². The van der Waals surface area contributed by atoms with E-state index in [0.717, 1.165) is 37.3 Å². The number of hydrogen-bond donors (Lipinski definition) is 3. The van der Waals surface area contributed by atoms with Crippen LogP contribution in [0, 0.1) is 6.92 Å². The van der Waals surface area contributed by atoms with Gasteiger partial charge in [-0.3, -0.25) is 5.32 Å². The van der Waals surface area contributed by atoms with Crippen LogP contribution in [0.3, 0.4) is 0 Å². The normalized spacial score (nSPS) is 12.3. The van der Waals surface area contributed by atoms with E-state index in [-0.39, 0.29) is 0 Å². The highest BCUT2D eigenvalue weighted by atomic mass is 32.2. The summed E-state index contributed by atoms with van der Waals surface area (Å²) in [5, 5.41) is 21.9. The Balaban J connectivity index is 1.29. The van der Waals surface area contributed by atoms with Crippen LogP contribution in [0.25, 0.3) is 10.2 Å². The second-order valence-electron chi connectivity index (χ2n) is 6.53. The quantitative estimate of drug-likeness (QED) is 0.205. The maximum atomic E-state index is 10.6. The Morgan fingerprint density at radius 3 is 2.79 bits per heavy atom. The standard InChI is InChI=1S/C21H22N4O2S2/c1-14-12-15(27-25-14)13-28-18-8-4-2-6-16(18)20(26)22-10-11-23-21-24-17-7-3-5-9-19(17)29-21/h2-9,12,20,22,26H,10-11,13H2,1H3,(H,23,24). The third-order valence-electron chi connectivity index (χ3n) is 4.29. The molecule has 3 N–H and O–H groups in total. The number of nitrogens with one attached hydrogen (secondary N) is 2. The molecule has 4 aromatic rings. The lowest BCUT2D eigenvalue weighted by molar-refractivity contribution is 0.138. The minimum Gasteiger partial charge on any atom is -0.374 e. The SMILES string of the molecule is Cc1cc(CSc2ccccc2C(O)NCCNc2nc3ccccc3s2)on1. The second kappa shape index (κ2) is 9.41. The van der Waals surface area contributed by atoms with E-state index in [0.29, 0.717) is 18.8 Å². The Bertz CT molecular complexity index is 1050. The summed E-state index contributed by atoms with van der Waals surface area (Å²) >= 11 is 3.25. The lowest BCUT2D eigenvalue weighted by Gasteiger charge is -2.16. The molecule has 0 aliphatic carbocycles. The highest BCUT2D eigenvalue weighted by Gasteiger charge is 2.13. The van der Waals surface area contributed by atoms with E-state index in [9.17, 15) is 5.11 Å². The van der Waals surface area contributed by atoms with Crippen LogP contribution in [0.1, 0.15) is 23.2 Å². The van der Waals surface area contributed by atoms with Gasteiger partial charge in [0.25, 0.3) is 0 Å². The molecule has 150 valence electrons. The molecular weight excluding hydrogens is 404 g/mol. The molecule has 0 aliphatic heterocycles. The summed E-state index contributed by atoms with van der Waals surface area (Å²) in [6, 6.07) is 17.9. The highest BCUT2D eigenvalue weighted by molar-refractivity contribution is 7.98. The first kappa shape index (κ1) is 19.9.